The Morgan fingerprint density at radius 2 is 1.74 bits per heavy atom. The van der Waals surface area contributed by atoms with Gasteiger partial charge in [-0.05, 0) is 54.7 Å². The second-order valence-corrected chi connectivity index (χ2v) is 9.04. The smallest absolute Gasteiger partial charge is 0.237 e. The van der Waals surface area contributed by atoms with Crippen LogP contribution in [0.15, 0.2) is 53.0 Å². The number of hydrogen-bond donors (Lipinski definition) is 1. The van der Waals surface area contributed by atoms with E-state index in [-0.39, 0.29) is 17.2 Å². The molecule has 1 saturated carbocycles. The van der Waals surface area contributed by atoms with Crippen LogP contribution in [-0.2, 0) is 10.2 Å². The number of rotatable bonds is 2. The minimum absolute atomic E-state index is 0.0284. The van der Waals surface area contributed by atoms with Gasteiger partial charge in [0.05, 0.1) is 27.8 Å². The predicted octanol–water partition coefficient (Wildman–Crippen LogP) is 5.19. The van der Waals surface area contributed by atoms with E-state index in [2.05, 4.69) is 35.1 Å². The highest BCUT2D eigenvalue weighted by Gasteiger charge is 2.67. The van der Waals surface area contributed by atoms with Crippen molar-refractivity contribution in [1.82, 2.24) is 9.97 Å². The summed E-state index contributed by atoms with van der Waals surface area (Å²) in [5.41, 5.74) is 3.59. The monoisotopic (exact) mass is 421 g/mol. The zero-order valence-corrected chi connectivity index (χ0v) is 16.9. The molecule has 4 nitrogen and oxygen atoms in total. The lowest BCUT2D eigenvalue weighted by Crippen LogP contribution is -2.46. The third-order valence-electron chi connectivity index (χ3n) is 6.60. The first-order chi connectivity index (χ1) is 12.9. The largest absolute Gasteiger partial charge is 0.325 e. The second kappa shape index (κ2) is 5.61. The lowest BCUT2D eigenvalue weighted by molar-refractivity contribution is -0.124. The van der Waals surface area contributed by atoms with Crippen LogP contribution in [0.1, 0.15) is 44.0 Å². The van der Waals surface area contributed by atoms with Crippen molar-refractivity contribution in [3.63, 3.8) is 0 Å². The summed E-state index contributed by atoms with van der Waals surface area (Å²) >= 11 is 3.44. The number of fused-ring (bicyclic) bond motifs is 6. The van der Waals surface area contributed by atoms with Crippen molar-refractivity contribution in [2.45, 2.75) is 38.0 Å². The van der Waals surface area contributed by atoms with E-state index in [9.17, 15) is 4.79 Å². The van der Waals surface area contributed by atoms with Gasteiger partial charge >= 0.3 is 0 Å². The van der Waals surface area contributed by atoms with Crippen LogP contribution in [0.25, 0.3) is 11.0 Å². The highest BCUT2D eigenvalue weighted by Crippen LogP contribution is 2.67. The first kappa shape index (κ1) is 16.9. The predicted molar refractivity (Wildman–Crippen MR) is 110 cm³/mol. The lowest BCUT2D eigenvalue weighted by atomic mass is 9.67. The molecule has 2 aliphatic carbocycles. The van der Waals surface area contributed by atoms with Crippen LogP contribution in [0.4, 0.5) is 5.69 Å². The van der Waals surface area contributed by atoms with E-state index in [0.29, 0.717) is 0 Å². The lowest BCUT2D eigenvalue weighted by Gasteiger charge is -2.36. The van der Waals surface area contributed by atoms with E-state index in [1.54, 1.807) is 0 Å². The van der Waals surface area contributed by atoms with Crippen molar-refractivity contribution in [3.05, 3.63) is 64.4 Å². The molecule has 1 aromatic heterocycles. The maximum atomic E-state index is 13.6. The molecule has 1 amide bonds. The Labute approximate surface area is 166 Å². The Morgan fingerprint density at radius 1 is 1.07 bits per heavy atom. The molecule has 0 aliphatic heterocycles. The summed E-state index contributed by atoms with van der Waals surface area (Å²) in [4.78, 5) is 23.5. The van der Waals surface area contributed by atoms with Gasteiger partial charge in [-0.25, -0.2) is 9.97 Å². The first-order valence-electron chi connectivity index (χ1n) is 9.28. The number of para-hydroxylation sites is 2. The van der Waals surface area contributed by atoms with Crippen molar-refractivity contribution in [3.8, 4) is 0 Å². The fourth-order valence-electron chi connectivity index (χ4n) is 5.10. The zero-order valence-electron chi connectivity index (χ0n) is 15.3. The number of aromatic nitrogens is 2. The Kier molecular flexibility index (Phi) is 3.51. The normalized spacial score (nSPS) is 24.8. The molecule has 2 aliphatic rings. The Morgan fingerprint density at radius 3 is 2.44 bits per heavy atom. The number of hydrogen-bond acceptors (Lipinski definition) is 3. The fourth-order valence-corrected chi connectivity index (χ4v) is 5.36. The van der Waals surface area contributed by atoms with Crippen LogP contribution in [0.2, 0.25) is 0 Å². The molecule has 0 saturated heterocycles. The summed E-state index contributed by atoms with van der Waals surface area (Å²) in [5, 5.41) is 3.15. The zero-order chi connectivity index (χ0) is 18.8. The molecule has 27 heavy (non-hydrogen) atoms. The van der Waals surface area contributed by atoms with Crippen molar-refractivity contribution >= 4 is 38.6 Å². The molecule has 1 heterocycles. The fraction of sp³-hybridized carbons (Fsp3) is 0.318. The van der Waals surface area contributed by atoms with Crippen LogP contribution in [-0.4, -0.2) is 15.9 Å². The summed E-state index contributed by atoms with van der Waals surface area (Å²) in [6.07, 6.45) is 1.79. The van der Waals surface area contributed by atoms with Gasteiger partial charge in [-0.15, -0.1) is 0 Å². The van der Waals surface area contributed by atoms with Gasteiger partial charge in [0.25, 0.3) is 0 Å². The molecule has 2 aromatic carbocycles. The number of nitrogens with zero attached hydrogens (tertiary/aromatic N) is 2. The number of benzene rings is 2. The van der Waals surface area contributed by atoms with Crippen molar-refractivity contribution in [2.75, 3.05) is 5.32 Å². The summed E-state index contributed by atoms with van der Waals surface area (Å²) in [5.74, 6) is 0.293. The van der Waals surface area contributed by atoms with Crippen LogP contribution in [0, 0.1) is 5.41 Å². The van der Waals surface area contributed by atoms with Gasteiger partial charge in [-0.3, -0.25) is 4.79 Å². The first-order valence-corrected chi connectivity index (χ1v) is 10.1. The van der Waals surface area contributed by atoms with E-state index in [1.165, 1.54) is 0 Å². The Hall–Kier alpha value is -2.27. The molecule has 3 aromatic rings. The maximum absolute atomic E-state index is 13.6. The minimum Gasteiger partial charge on any atom is -0.325 e. The molecule has 5 heteroatoms. The Bertz CT molecular complexity index is 1080. The van der Waals surface area contributed by atoms with Crippen LogP contribution in [0.5, 0.6) is 0 Å². The summed E-state index contributed by atoms with van der Waals surface area (Å²) in [6.45, 7) is 4.39. The standard InChI is InChI=1S/C22H20BrN3O/c1-21(2)15-11-12-22(21,20(27)24-14-9-7-13(23)8-10-14)19-18(15)25-16-5-3-4-6-17(16)26-19/h3-10,15H,11-12H2,1-2H3,(H,24,27). The van der Waals surface area contributed by atoms with Gasteiger partial charge in [-0.1, -0.05) is 41.9 Å². The van der Waals surface area contributed by atoms with Gasteiger partial charge < -0.3 is 5.32 Å². The molecular weight excluding hydrogens is 402 g/mol. The molecule has 2 bridgehead atoms. The molecule has 2 unspecified atom stereocenters. The number of amides is 1. The van der Waals surface area contributed by atoms with Gasteiger partial charge in [0.1, 0.15) is 0 Å². The van der Waals surface area contributed by atoms with E-state index in [4.69, 9.17) is 9.97 Å². The molecule has 2 atom stereocenters. The van der Waals surface area contributed by atoms with Crippen LogP contribution >= 0.6 is 15.9 Å². The van der Waals surface area contributed by atoms with E-state index in [0.717, 1.165) is 45.4 Å². The number of nitrogens with one attached hydrogen (secondary N) is 1. The summed E-state index contributed by atoms with van der Waals surface area (Å²) < 4.78 is 0.989. The molecule has 5 rings (SSSR count). The average Bonchev–Trinajstić information content (AvgIpc) is 3.03. The van der Waals surface area contributed by atoms with E-state index < -0.39 is 5.41 Å². The van der Waals surface area contributed by atoms with Gasteiger partial charge in [0.15, 0.2) is 0 Å². The number of anilines is 1. The molecular formula is C22H20BrN3O. The van der Waals surface area contributed by atoms with Gasteiger partial charge in [0, 0.05) is 16.1 Å². The van der Waals surface area contributed by atoms with Gasteiger partial charge in [-0.2, -0.15) is 0 Å². The maximum Gasteiger partial charge on any atom is 0.237 e. The van der Waals surface area contributed by atoms with E-state index in [1.807, 2.05) is 48.5 Å². The molecule has 0 spiro atoms. The Balaban J connectivity index is 1.65. The quantitative estimate of drug-likeness (QED) is 0.619. The molecule has 1 N–H and O–H groups in total. The highest BCUT2D eigenvalue weighted by atomic mass is 79.9. The number of carbonyl (C=O) groups excluding carboxylic acids is 1. The van der Waals surface area contributed by atoms with Crippen molar-refractivity contribution in [1.29, 1.82) is 0 Å². The minimum atomic E-state index is -0.642. The number of halogens is 1. The SMILES string of the molecule is CC1(C)C2CCC1(C(=O)Nc1ccc(Br)cc1)c1nc3ccccc3nc12. The van der Waals surface area contributed by atoms with E-state index >= 15 is 0 Å². The second-order valence-electron chi connectivity index (χ2n) is 8.13. The summed E-state index contributed by atoms with van der Waals surface area (Å²) in [6, 6.07) is 15.6. The number of carbonyl (C=O) groups is 1. The van der Waals surface area contributed by atoms with Gasteiger partial charge in [0.2, 0.25) is 5.91 Å². The molecule has 136 valence electrons. The van der Waals surface area contributed by atoms with Crippen molar-refractivity contribution in [2.24, 2.45) is 5.41 Å². The topological polar surface area (TPSA) is 54.9 Å². The van der Waals surface area contributed by atoms with Crippen molar-refractivity contribution < 1.29 is 4.79 Å². The highest BCUT2D eigenvalue weighted by molar-refractivity contribution is 9.10. The summed E-state index contributed by atoms with van der Waals surface area (Å²) in [7, 11) is 0. The third kappa shape index (κ3) is 2.18. The molecule has 1 fully saturated rings. The molecule has 0 radical (unpaired) electrons. The van der Waals surface area contributed by atoms with Crippen LogP contribution < -0.4 is 5.32 Å². The van der Waals surface area contributed by atoms with Crippen LogP contribution in [0.3, 0.4) is 0 Å². The third-order valence-corrected chi connectivity index (χ3v) is 7.13. The average molecular weight is 422 g/mol.